The average molecular weight is 277 g/mol. The Morgan fingerprint density at radius 3 is 2.85 bits per heavy atom. The maximum atomic E-state index is 13.9. The van der Waals surface area contributed by atoms with Gasteiger partial charge in [0.05, 0.1) is 5.41 Å². The lowest BCUT2D eigenvalue weighted by Gasteiger charge is -2.17. The fraction of sp³-hybridized carbons (Fsp3) is 0.562. The van der Waals surface area contributed by atoms with Gasteiger partial charge in [0, 0.05) is 25.3 Å². The number of ether oxygens (including phenoxy) is 1. The van der Waals surface area contributed by atoms with Crippen molar-refractivity contribution in [2.45, 2.75) is 31.1 Å². The fourth-order valence-electron chi connectivity index (χ4n) is 2.96. The first kappa shape index (κ1) is 13.6. The zero-order valence-corrected chi connectivity index (χ0v) is 11.5. The highest BCUT2D eigenvalue weighted by atomic mass is 19.1. The first-order valence-electron chi connectivity index (χ1n) is 7.33. The highest BCUT2D eigenvalue weighted by molar-refractivity contribution is 5.91. The molecule has 0 radical (unpaired) electrons. The van der Waals surface area contributed by atoms with E-state index in [1.54, 1.807) is 18.2 Å². The Morgan fingerprint density at radius 2 is 2.20 bits per heavy atom. The second kappa shape index (κ2) is 5.52. The molecule has 1 aliphatic heterocycles. The van der Waals surface area contributed by atoms with Gasteiger partial charge in [0.15, 0.2) is 0 Å². The van der Waals surface area contributed by atoms with Crippen molar-refractivity contribution >= 4 is 5.91 Å². The van der Waals surface area contributed by atoms with Crippen molar-refractivity contribution in [3.8, 4) is 0 Å². The SMILES string of the molecule is O=C(NCC[C@H]1CCOC1)C1(c2ccccc2F)CC1. The van der Waals surface area contributed by atoms with Crippen LogP contribution in [0.25, 0.3) is 0 Å². The van der Waals surface area contributed by atoms with Gasteiger partial charge < -0.3 is 10.1 Å². The summed E-state index contributed by atoms with van der Waals surface area (Å²) in [6.07, 6.45) is 3.51. The van der Waals surface area contributed by atoms with Crippen LogP contribution in [0.1, 0.15) is 31.2 Å². The zero-order chi connectivity index (χ0) is 14.0. The van der Waals surface area contributed by atoms with Gasteiger partial charge >= 0.3 is 0 Å². The van der Waals surface area contributed by atoms with Gasteiger partial charge in [0.1, 0.15) is 5.82 Å². The molecule has 1 N–H and O–H groups in total. The number of carbonyl (C=O) groups excluding carboxylic acids is 1. The summed E-state index contributed by atoms with van der Waals surface area (Å²) in [4.78, 5) is 12.3. The summed E-state index contributed by atoms with van der Waals surface area (Å²) in [6.45, 7) is 2.29. The minimum Gasteiger partial charge on any atom is -0.381 e. The van der Waals surface area contributed by atoms with Crippen LogP contribution in [0.15, 0.2) is 24.3 Å². The van der Waals surface area contributed by atoms with Gasteiger partial charge in [-0.15, -0.1) is 0 Å². The van der Waals surface area contributed by atoms with Crippen LogP contribution in [0.4, 0.5) is 4.39 Å². The van der Waals surface area contributed by atoms with Gasteiger partial charge in [0.25, 0.3) is 0 Å². The first-order valence-corrected chi connectivity index (χ1v) is 7.33. The minimum atomic E-state index is -0.614. The van der Waals surface area contributed by atoms with E-state index >= 15 is 0 Å². The number of hydrogen-bond donors (Lipinski definition) is 1. The summed E-state index contributed by atoms with van der Waals surface area (Å²) in [5.74, 6) is 0.254. The number of benzene rings is 1. The molecule has 2 fully saturated rings. The molecule has 1 aromatic rings. The lowest BCUT2D eigenvalue weighted by molar-refractivity contribution is -0.123. The molecule has 1 amide bonds. The Bertz CT molecular complexity index is 493. The third-order valence-electron chi connectivity index (χ3n) is 4.44. The topological polar surface area (TPSA) is 38.3 Å². The largest absolute Gasteiger partial charge is 0.381 e. The van der Waals surface area contributed by atoms with Crippen molar-refractivity contribution in [2.75, 3.05) is 19.8 Å². The monoisotopic (exact) mass is 277 g/mol. The van der Waals surface area contributed by atoms with Crippen molar-refractivity contribution in [1.29, 1.82) is 0 Å². The van der Waals surface area contributed by atoms with E-state index in [1.807, 2.05) is 0 Å². The van der Waals surface area contributed by atoms with Crippen molar-refractivity contribution in [1.82, 2.24) is 5.32 Å². The molecule has 1 saturated heterocycles. The number of nitrogens with one attached hydrogen (secondary N) is 1. The Kier molecular flexibility index (Phi) is 3.74. The van der Waals surface area contributed by atoms with Crippen LogP contribution >= 0.6 is 0 Å². The van der Waals surface area contributed by atoms with Crippen molar-refractivity contribution < 1.29 is 13.9 Å². The summed E-state index contributed by atoms with van der Waals surface area (Å²) >= 11 is 0. The molecule has 1 aliphatic carbocycles. The van der Waals surface area contributed by atoms with Gasteiger partial charge in [0.2, 0.25) is 5.91 Å². The Balaban J connectivity index is 1.58. The molecular weight excluding hydrogens is 257 g/mol. The van der Waals surface area contributed by atoms with Crippen LogP contribution in [-0.4, -0.2) is 25.7 Å². The molecular formula is C16H20FNO2. The van der Waals surface area contributed by atoms with E-state index in [4.69, 9.17) is 4.74 Å². The standard InChI is InChI=1S/C16H20FNO2/c17-14-4-2-1-3-13(14)16(7-8-16)15(19)18-9-5-12-6-10-20-11-12/h1-4,12H,5-11H2,(H,18,19)/t12-/m0/s1. The Hall–Kier alpha value is -1.42. The number of hydrogen-bond acceptors (Lipinski definition) is 2. The predicted octanol–water partition coefficient (Wildman–Crippen LogP) is 2.40. The van der Waals surface area contributed by atoms with E-state index in [0.717, 1.165) is 38.9 Å². The second-order valence-corrected chi connectivity index (χ2v) is 5.84. The molecule has 0 unspecified atom stereocenters. The van der Waals surface area contributed by atoms with Gasteiger partial charge in [-0.05, 0) is 37.7 Å². The summed E-state index contributed by atoms with van der Waals surface area (Å²) in [6, 6.07) is 6.61. The van der Waals surface area contributed by atoms with Gasteiger partial charge in [-0.3, -0.25) is 4.79 Å². The highest BCUT2D eigenvalue weighted by Gasteiger charge is 2.52. The van der Waals surface area contributed by atoms with E-state index in [2.05, 4.69) is 5.32 Å². The van der Waals surface area contributed by atoms with Crippen molar-refractivity contribution in [3.63, 3.8) is 0 Å². The number of halogens is 1. The molecule has 0 spiro atoms. The Morgan fingerprint density at radius 1 is 1.40 bits per heavy atom. The molecule has 1 aromatic carbocycles. The third kappa shape index (κ3) is 2.57. The smallest absolute Gasteiger partial charge is 0.230 e. The molecule has 3 nitrogen and oxygen atoms in total. The van der Waals surface area contributed by atoms with Gasteiger partial charge in [-0.2, -0.15) is 0 Å². The number of rotatable bonds is 5. The molecule has 0 aromatic heterocycles. The van der Waals surface area contributed by atoms with Gasteiger partial charge in [-0.25, -0.2) is 4.39 Å². The number of carbonyl (C=O) groups is 1. The van der Waals surface area contributed by atoms with Crippen molar-refractivity contribution in [2.24, 2.45) is 5.92 Å². The van der Waals surface area contributed by atoms with Crippen molar-refractivity contribution in [3.05, 3.63) is 35.6 Å². The van der Waals surface area contributed by atoms with Crippen LogP contribution < -0.4 is 5.32 Å². The molecule has 20 heavy (non-hydrogen) atoms. The second-order valence-electron chi connectivity index (χ2n) is 5.84. The van der Waals surface area contributed by atoms with E-state index in [-0.39, 0.29) is 11.7 Å². The van der Waals surface area contributed by atoms with Crippen LogP contribution in [0.3, 0.4) is 0 Å². The van der Waals surface area contributed by atoms with E-state index in [1.165, 1.54) is 6.07 Å². The normalized spacial score (nSPS) is 23.6. The molecule has 3 rings (SSSR count). The quantitative estimate of drug-likeness (QED) is 0.897. The lowest BCUT2D eigenvalue weighted by Crippen LogP contribution is -2.36. The average Bonchev–Trinajstić information content (AvgIpc) is 3.09. The highest BCUT2D eigenvalue weighted by Crippen LogP contribution is 2.49. The molecule has 1 saturated carbocycles. The molecule has 108 valence electrons. The summed E-state index contributed by atoms with van der Waals surface area (Å²) in [7, 11) is 0. The maximum Gasteiger partial charge on any atom is 0.230 e. The minimum absolute atomic E-state index is 0.0264. The first-order chi connectivity index (χ1) is 9.72. The molecule has 2 aliphatic rings. The summed E-state index contributed by atoms with van der Waals surface area (Å²) in [5.41, 5.74) is -0.0703. The Labute approximate surface area is 118 Å². The zero-order valence-electron chi connectivity index (χ0n) is 11.5. The van der Waals surface area contributed by atoms with Crippen LogP contribution in [-0.2, 0) is 14.9 Å². The molecule has 1 heterocycles. The fourth-order valence-corrected chi connectivity index (χ4v) is 2.96. The van der Waals surface area contributed by atoms with E-state index in [0.29, 0.717) is 18.0 Å². The summed E-state index contributed by atoms with van der Waals surface area (Å²) < 4.78 is 19.2. The molecule has 0 bridgehead atoms. The molecule has 4 heteroatoms. The number of amides is 1. The third-order valence-corrected chi connectivity index (χ3v) is 4.44. The van der Waals surface area contributed by atoms with E-state index < -0.39 is 5.41 Å². The maximum absolute atomic E-state index is 13.9. The summed E-state index contributed by atoms with van der Waals surface area (Å²) in [5, 5.41) is 2.98. The lowest BCUT2D eigenvalue weighted by atomic mass is 9.94. The molecule has 1 atom stereocenters. The van der Waals surface area contributed by atoms with Crippen LogP contribution in [0.2, 0.25) is 0 Å². The van der Waals surface area contributed by atoms with Gasteiger partial charge in [-0.1, -0.05) is 18.2 Å². The predicted molar refractivity (Wildman–Crippen MR) is 73.9 cm³/mol. The van der Waals surface area contributed by atoms with E-state index in [9.17, 15) is 9.18 Å². The van der Waals surface area contributed by atoms with Crippen LogP contribution in [0.5, 0.6) is 0 Å². The van der Waals surface area contributed by atoms with Crippen LogP contribution in [0, 0.1) is 11.7 Å².